The molecule has 1 amide bonds. The molecule has 0 radical (unpaired) electrons. The molecule has 0 unspecified atom stereocenters. The largest absolute Gasteiger partial charge is 0.496 e. The Morgan fingerprint density at radius 3 is 2.36 bits per heavy atom. The lowest BCUT2D eigenvalue weighted by Gasteiger charge is -2.38. The van der Waals surface area contributed by atoms with E-state index in [4.69, 9.17) is 14.2 Å². The molecule has 2 aromatic rings. The molecule has 7 nitrogen and oxygen atoms in total. The standard InChI is InChI=1S/C28H30N2O5S/c1-33-22-14-24(35-3)23(34-2)12-17(22)18-13-26(32)30(20-9-7-10-21(31)27(18)20)28-19(15-29)16-8-5-4-6-11-25(16)36-28/h12,14,18H,4-11,13H2,1-3H3/t18-/m0/s1. The molecule has 1 aliphatic heterocycles. The summed E-state index contributed by atoms with van der Waals surface area (Å²) in [5, 5.41) is 10.8. The summed E-state index contributed by atoms with van der Waals surface area (Å²) in [6, 6.07) is 5.95. The number of aryl methyl sites for hydroxylation is 1. The highest BCUT2D eigenvalue weighted by atomic mass is 32.1. The molecule has 8 heteroatoms. The zero-order chi connectivity index (χ0) is 25.4. The average molecular weight is 507 g/mol. The zero-order valence-electron chi connectivity index (χ0n) is 20.9. The first-order valence-corrected chi connectivity index (χ1v) is 13.3. The minimum absolute atomic E-state index is 0.0483. The van der Waals surface area contributed by atoms with Crippen molar-refractivity contribution in [1.29, 1.82) is 5.26 Å². The maximum atomic E-state index is 13.8. The number of carbonyl (C=O) groups is 2. The predicted molar refractivity (Wildman–Crippen MR) is 137 cm³/mol. The van der Waals surface area contributed by atoms with Gasteiger partial charge in [-0.3, -0.25) is 14.5 Å². The quantitative estimate of drug-likeness (QED) is 0.502. The Balaban J connectivity index is 1.68. The summed E-state index contributed by atoms with van der Waals surface area (Å²) >= 11 is 1.56. The summed E-state index contributed by atoms with van der Waals surface area (Å²) in [6.45, 7) is 0. The number of fused-ring (bicyclic) bond motifs is 1. The van der Waals surface area contributed by atoms with Crippen LogP contribution in [0, 0.1) is 11.3 Å². The van der Waals surface area contributed by atoms with Crippen LogP contribution in [0.4, 0.5) is 5.00 Å². The van der Waals surface area contributed by atoms with Gasteiger partial charge in [0, 0.05) is 46.5 Å². The van der Waals surface area contributed by atoms with Crippen LogP contribution in [0.2, 0.25) is 0 Å². The van der Waals surface area contributed by atoms with Crippen LogP contribution in [0.3, 0.4) is 0 Å². The third-order valence-electron chi connectivity index (χ3n) is 7.50. The van der Waals surface area contributed by atoms with Gasteiger partial charge in [-0.05, 0) is 50.2 Å². The molecule has 5 rings (SSSR count). The fourth-order valence-corrected chi connectivity index (χ4v) is 7.20. The van der Waals surface area contributed by atoms with E-state index in [0.29, 0.717) is 52.6 Å². The van der Waals surface area contributed by atoms with Crippen molar-refractivity contribution >= 4 is 28.0 Å². The smallest absolute Gasteiger partial charge is 0.232 e. The number of Topliss-reactive ketones (excluding diaryl/α,β-unsaturated/α-hetero) is 1. The van der Waals surface area contributed by atoms with Crippen molar-refractivity contribution in [3.63, 3.8) is 0 Å². The van der Waals surface area contributed by atoms with Crippen molar-refractivity contribution in [3.05, 3.63) is 45.0 Å². The van der Waals surface area contributed by atoms with Crippen LogP contribution < -0.4 is 19.1 Å². The molecule has 2 heterocycles. The van der Waals surface area contributed by atoms with Crippen molar-refractivity contribution in [1.82, 2.24) is 0 Å². The molecule has 1 aromatic carbocycles. The van der Waals surface area contributed by atoms with E-state index in [1.165, 1.54) is 4.88 Å². The van der Waals surface area contributed by atoms with E-state index in [0.717, 1.165) is 48.9 Å². The second-order valence-corrected chi connectivity index (χ2v) is 10.5. The molecule has 0 N–H and O–H groups in total. The van der Waals surface area contributed by atoms with Crippen LogP contribution >= 0.6 is 11.3 Å². The van der Waals surface area contributed by atoms with E-state index in [1.807, 2.05) is 6.07 Å². The first-order valence-electron chi connectivity index (χ1n) is 12.5. The molecule has 0 fully saturated rings. The van der Waals surface area contributed by atoms with Gasteiger partial charge in [-0.15, -0.1) is 11.3 Å². The molecule has 0 saturated carbocycles. The van der Waals surface area contributed by atoms with E-state index >= 15 is 0 Å². The summed E-state index contributed by atoms with van der Waals surface area (Å²) in [7, 11) is 4.68. The number of allylic oxidation sites excluding steroid dienone is 2. The fraction of sp³-hybridized carbons (Fsp3) is 0.464. The third-order valence-corrected chi connectivity index (χ3v) is 8.78. The number of nitriles is 1. The second-order valence-electron chi connectivity index (χ2n) is 9.43. The molecule has 36 heavy (non-hydrogen) atoms. The van der Waals surface area contributed by atoms with E-state index in [1.54, 1.807) is 43.6 Å². The lowest BCUT2D eigenvalue weighted by molar-refractivity contribution is -0.119. The number of ketones is 1. The van der Waals surface area contributed by atoms with Gasteiger partial charge in [0.05, 0.1) is 26.9 Å². The SMILES string of the molecule is COc1cc(OC)c([C@@H]2CC(=O)N(c3sc4c(c3C#N)CCCCC4)C3=C2C(=O)CCC3)cc1OC. The van der Waals surface area contributed by atoms with Gasteiger partial charge >= 0.3 is 0 Å². The van der Waals surface area contributed by atoms with Gasteiger partial charge in [0.2, 0.25) is 5.91 Å². The predicted octanol–water partition coefficient (Wildman–Crippen LogP) is 5.44. The van der Waals surface area contributed by atoms with Crippen LogP contribution in [-0.2, 0) is 22.4 Å². The molecular formula is C28H30N2O5S. The first-order chi connectivity index (χ1) is 17.5. The molecular weight excluding hydrogens is 476 g/mol. The van der Waals surface area contributed by atoms with Crippen molar-refractivity contribution < 1.29 is 23.8 Å². The highest BCUT2D eigenvalue weighted by Crippen LogP contribution is 2.50. The molecule has 1 aromatic heterocycles. The minimum Gasteiger partial charge on any atom is -0.496 e. The van der Waals surface area contributed by atoms with Crippen molar-refractivity contribution in [3.8, 4) is 23.3 Å². The lowest BCUT2D eigenvalue weighted by atomic mass is 9.77. The number of rotatable bonds is 5. The van der Waals surface area contributed by atoms with E-state index in [2.05, 4.69) is 6.07 Å². The Kier molecular flexibility index (Phi) is 6.76. The van der Waals surface area contributed by atoms with Crippen LogP contribution in [0.25, 0.3) is 0 Å². The number of nitrogens with zero attached hydrogens (tertiary/aromatic N) is 2. The fourth-order valence-electron chi connectivity index (χ4n) is 5.82. The number of ether oxygens (including phenoxy) is 3. The van der Waals surface area contributed by atoms with Gasteiger partial charge in [-0.2, -0.15) is 5.26 Å². The maximum Gasteiger partial charge on any atom is 0.232 e. The van der Waals surface area contributed by atoms with E-state index in [-0.39, 0.29) is 18.1 Å². The van der Waals surface area contributed by atoms with Crippen LogP contribution in [0.1, 0.15) is 72.4 Å². The monoisotopic (exact) mass is 506 g/mol. The van der Waals surface area contributed by atoms with Gasteiger partial charge in [0.1, 0.15) is 16.8 Å². The number of benzene rings is 1. The molecule has 0 bridgehead atoms. The molecule has 0 spiro atoms. The Bertz CT molecular complexity index is 1300. The zero-order valence-corrected chi connectivity index (χ0v) is 21.8. The highest BCUT2D eigenvalue weighted by molar-refractivity contribution is 7.16. The number of anilines is 1. The topological polar surface area (TPSA) is 88.9 Å². The third kappa shape index (κ3) is 3.96. The van der Waals surface area contributed by atoms with E-state index in [9.17, 15) is 14.9 Å². The average Bonchev–Trinajstić information content (AvgIpc) is 3.06. The Hall–Kier alpha value is -3.31. The van der Waals surface area contributed by atoms with Gasteiger partial charge in [0.15, 0.2) is 17.3 Å². The van der Waals surface area contributed by atoms with E-state index < -0.39 is 5.92 Å². The van der Waals surface area contributed by atoms with Gasteiger partial charge < -0.3 is 14.2 Å². The summed E-state index contributed by atoms with van der Waals surface area (Å²) < 4.78 is 16.6. The van der Waals surface area contributed by atoms with Crippen molar-refractivity contribution in [2.75, 3.05) is 26.2 Å². The second kappa shape index (κ2) is 9.98. The Morgan fingerprint density at radius 1 is 0.917 bits per heavy atom. The van der Waals surface area contributed by atoms with Gasteiger partial charge in [0.25, 0.3) is 0 Å². The number of methoxy groups -OCH3 is 3. The maximum absolute atomic E-state index is 13.8. The summed E-state index contributed by atoms with van der Waals surface area (Å²) in [5.41, 5.74) is 3.82. The van der Waals surface area contributed by atoms with Crippen LogP contribution in [0.15, 0.2) is 23.4 Å². The summed E-state index contributed by atoms with van der Waals surface area (Å²) in [5.74, 6) is 1.08. The molecule has 3 aliphatic rings. The number of amides is 1. The number of hydrogen-bond acceptors (Lipinski definition) is 7. The van der Waals surface area contributed by atoms with Crippen LogP contribution in [-0.4, -0.2) is 33.0 Å². The minimum atomic E-state index is -0.449. The van der Waals surface area contributed by atoms with Crippen molar-refractivity contribution in [2.45, 2.75) is 63.7 Å². The van der Waals surface area contributed by atoms with Crippen LogP contribution in [0.5, 0.6) is 17.2 Å². The highest BCUT2D eigenvalue weighted by Gasteiger charge is 2.42. The summed E-state index contributed by atoms with van der Waals surface area (Å²) in [4.78, 5) is 30.2. The number of thiophene rings is 1. The Morgan fingerprint density at radius 2 is 1.64 bits per heavy atom. The van der Waals surface area contributed by atoms with Gasteiger partial charge in [-0.1, -0.05) is 6.42 Å². The molecule has 0 saturated heterocycles. The Labute approximate surface area is 215 Å². The number of carbonyl (C=O) groups excluding carboxylic acids is 2. The molecule has 188 valence electrons. The number of hydrogen-bond donors (Lipinski definition) is 0. The normalized spacial score (nSPS) is 19.8. The molecule has 2 aliphatic carbocycles. The van der Waals surface area contributed by atoms with Crippen molar-refractivity contribution in [2.24, 2.45) is 0 Å². The van der Waals surface area contributed by atoms with Gasteiger partial charge in [-0.25, -0.2) is 0 Å². The lowest BCUT2D eigenvalue weighted by Crippen LogP contribution is -2.40. The molecule has 1 atom stereocenters. The summed E-state index contributed by atoms with van der Waals surface area (Å²) in [6.07, 6.45) is 6.97. The first kappa shape index (κ1) is 24.4.